The molecule has 16 heavy (non-hydrogen) atoms. The van der Waals surface area contributed by atoms with Crippen molar-refractivity contribution in [3.05, 3.63) is 11.9 Å². The number of hydrogen-bond acceptors (Lipinski definition) is 3. The predicted octanol–water partition coefficient (Wildman–Crippen LogP) is 2.22. The van der Waals surface area contributed by atoms with Crippen LogP contribution < -0.4 is 4.74 Å². The Morgan fingerprint density at radius 2 is 1.94 bits per heavy atom. The fraction of sp³-hybridized carbons (Fsp3) is 0.750. The molecule has 4 nitrogen and oxygen atoms in total. The van der Waals surface area contributed by atoms with Crippen LogP contribution in [-0.4, -0.2) is 22.0 Å². The van der Waals surface area contributed by atoms with Gasteiger partial charge in [-0.05, 0) is 12.8 Å². The molecule has 0 saturated heterocycles. The highest BCUT2D eigenvalue weighted by Gasteiger charge is 2.33. The molecule has 1 heterocycles. The summed E-state index contributed by atoms with van der Waals surface area (Å²) in [5.41, 5.74) is -0.0289. The summed E-state index contributed by atoms with van der Waals surface area (Å²) in [5.74, 6) is 0.673. The van der Waals surface area contributed by atoms with E-state index >= 15 is 0 Å². The van der Waals surface area contributed by atoms with E-state index in [1.165, 1.54) is 0 Å². The van der Waals surface area contributed by atoms with Crippen LogP contribution in [-0.2, 0) is 12.6 Å². The first-order valence-corrected chi connectivity index (χ1v) is 5.87. The summed E-state index contributed by atoms with van der Waals surface area (Å²) in [7, 11) is 3.45. The molecular formula is C12H22N2O2. The Morgan fingerprint density at radius 1 is 1.38 bits per heavy atom. The number of aryl methyl sites for hydroxylation is 1. The van der Waals surface area contributed by atoms with Gasteiger partial charge in [-0.3, -0.25) is 4.68 Å². The van der Waals surface area contributed by atoms with Crippen LogP contribution in [0.3, 0.4) is 0 Å². The third-order valence-corrected chi connectivity index (χ3v) is 2.89. The van der Waals surface area contributed by atoms with E-state index in [-0.39, 0.29) is 0 Å². The van der Waals surface area contributed by atoms with Gasteiger partial charge in [0.05, 0.1) is 13.3 Å². The molecule has 0 aliphatic rings. The number of rotatable bonds is 6. The number of ether oxygens (including phenoxy) is 1. The Bertz CT molecular complexity index is 328. The Labute approximate surface area is 97.2 Å². The van der Waals surface area contributed by atoms with Crippen molar-refractivity contribution in [1.82, 2.24) is 9.78 Å². The highest BCUT2D eigenvalue weighted by Crippen LogP contribution is 2.36. The van der Waals surface area contributed by atoms with E-state index in [4.69, 9.17) is 4.74 Å². The minimum Gasteiger partial charge on any atom is -0.493 e. The van der Waals surface area contributed by atoms with Crippen molar-refractivity contribution in [3.63, 3.8) is 0 Å². The van der Waals surface area contributed by atoms with E-state index in [9.17, 15) is 5.11 Å². The van der Waals surface area contributed by atoms with Crippen molar-refractivity contribution in [2.75, 3.05) is 7.11 Å². The van der Waals surface area contributed by atoms with E-state index in [0.29, 0.717) is 5.75 Å². The molecule has 1 aromatic rings. The van der Waals surface area contributed by atoms with Gasteiger partial charge in [0.1, 0.15) is 11.3 Å². The highest BCUT2D eigenvalue weighted by atomic mass is 16.5. The smallest absolute Gasteiger partial charge is 0.162 e. The van der Waals surface area contributed by atoms with E-state index in [1.54, 1.807) is 18.0 Å². The molecule has 0 aliphatic carbocycles. The number of hydrogen-bond donors (Lipinski definition) is 1. The van der Waals surface area contributed by atoms with Crippen LogP contribution in [0.1, 0.15) is 45.2 Å². The molecular weight excluding hydrogens is 204 g/mol. The molecule has 0 spiro atoms. The van der Waals surface area contributed by atoms with Crippen LogP contribution in [0.15, 0.2) is 6.20 Å². The number of methoxy groups -OCH3 is 1. The van der Waals surface area contributed by atoms with Crippen LogP contribution >= 0.6 is 0 Å². The zero-order chi connectivity index (χ0) is 12.2. The van der Waals surface area contributed by atoms with Crippen LogP contribution in [0.4, 0.5) is 0 Å². The third-order valence-electron chi connectivity index (χ3n) is 2.89. The molecule has 0 fully saturated rings. The molecule has 92 valence electrons. The maximum Gasteiger partial charge on any atom is 0.162 e. The minimum atomic E-state index is -0.819. The van der Waals surface area contributed by atoms with Crippen LogP contribution in [0.2, 0.25) is 0 Å². The van der Waals surface area contributed by atoms with Gasteiger partial charge in [0, 0.05) is 7.05 Å². The van der Waals surface area contributed by atoms with Gasteiger partial charge in [-0.1, -0.05) is 26.7 Å². The van der Waals surface area contributed by atoms with Gasteiger partial charge in [0.25, 0.3) is 0 Å². The van der Waals surface area contributed by atoms with E-state index in [0.717, 1.165) is 31.4 Å². The molecule has 0 aromatic carbocycles. The molecule has 0 aliphatic heterocycles. The van der Waals surface area contributed by atoms with E-state index < -0.39 is 5.60 Å². The fourth-order valence-electron chi connectivity index (χ4n) is 2.29. The molecule has 0 bridgehead atoms. The lowest BCUT2D eigenvalue weighted by molar-refractivity contribution is 0.00702. The standard InChI is InChI=1S/C12H22N2O2/c1-5-7-12(15,8-6-2)11-10(16-4)9-13-14(11)3/h9,15H,5-8H2,1-4H3. The normalized spacial score (nSPS) is 11.8. The third kappa shape index (κ3) is 2.38. The predicted molar refractivity (Wildman–Crippen MR) is 63.5 cm³/mol. The zero-order valence-corrected chi connectivity index (χ0v) is 10.7. The molecule has 4 heteroatoms. The first-order valence-electron chi connectivity index (χ1n) is 5.87. The van der Waals surface area contributed by atoms with Crippen molar-refractivity contribution in [3.8, 4) is 5.75 Å². The first kappa shape index (κ1) is 13.0. The Hall–Kier alpha value is -1.03. The maximum absolute atomic E-state index is 10.7. The van der Waals surface area contributed by atoms with Crippen LogP contribution in [0.5, 0.6) is 5.75 Å². The SMILES string of the molecule is CCCC(O)(CCC)c1c(OC)cnn1C. The molecule has 1 N–H and O–H groups in total. The number of aliphatic hydroxyl groups is 1. The maximum atomic E-state index is 10.7. The second-order valence-electron chi connectivity index (χ2n) is 4.22. The lowest BCUT2D eigenvalue weighted by atomic mass is 9.89. The van der Waals surface area contributed by atoms with Crippen molar-refractivity contribution in [2.45, 2.75) is 45.1 Å². The summed E-state index contributed by atoms with van der Waals surface area (Å²) in [6.07, 6.45) is 4.99. The van der Waals surface area contributed by atoms with Crippen LogP contribution in [0, 0.1) is 0 Å². The first-order chi connectivity index (χ1) is 7.59. The van der Waals surface area contributed by atoms with Crippen LogP contribution in [0.25, 0.3) is 0 Å². The molecule has 1 aromatic heterocycles. The van der Waals surface area contributed by atoms with Crippen molar-refractivity contribution in [2.24, 2.45) is 7.05 Å². The van der Waals surface area contributed by atoms with Gasteiger partial charge in [-0.2, -0.15) is 5.10 Å². The lowest BCUT2D eigenvalue weighted by Crippen LogP contribution is -2.28. The summed E-state index contributed by atoms with van der Waals surface area (Å²) in [6, 6.07) is 0. The molecule has 0 amide bonds. The minimum absolute atomic E-state index is 0.673. The molecule has 0 unspecified atom stereocenters. The van der Waals surface area contributed by atoms with Gasteiger partial charge in [0.15, 0.2) is 5.75 Å². The molecule has 1 rings (SSSR count). The summed E-state index contributed by atoms with van der Waals surface area (Å²) in [5, 5.41) is 14.9. The second kappa shape index (κ2) is 5.34. The van der Waals surface area contributed by atoms with Gasteiger partial charge in [0.2, 0.25) is 0 Å². The zero-order valence-electron chi connectivity index (χ0n) is 10.7. The largest absolute Gasteiger partial charge is 0.493 e. The summed E-state index contributed by atoms with van der Waals surface area (Å²) in [4.78, 5) is 0. The average molecular weight is 226 g/mol. The molecule has 0 saturated carbocycles. The van der Waals surface area contributed by atoms with Gasteiger partial charge in [-0.15, -0.1) is 0 Å². The molecule has 0 atom stereocenters. The highest BCUT2D eigenvalue weighted by molar-refractivity contribution is 5.30. The summed E-state index contributed by atoms with van der Waals surface area (Å²) in [6.45, 7) is 4.15. The second-order valence-corrected chi connectivity index (χ2v) is 4.22. The lowest BCUT2D eigenvalue weighted by Gasteiger charge is -2.28. The van der Waals surface area contributed by atoms with E-state index in [1.807, 2.05) is 7.05 Å². The van der Waals surface area contributed by atoms with E-state index in [2.05, 4.69) is 18.9 Å². The molecule has 0 radical (unpaired) electrons. The monoisotopic (exact) mass is 226 g/mol. The quantitative estimate of drug-likeness (QED) is 0.809. The Morgan fingerprint density at radius 3 is 2.38 bits per heavy atom. The van der Waals surface area contributed by atoms with Crippen molar-refractivity contribution in [1.29, 1.82) is 0 Å². The van der Waals surface area contributed by atoms with Gasteiger partial charge < -0.3 is 9.84 Å². The Balaban J connectivity index is 3.13. The number of aromatic nitrogens is 2. The number of nitrogens with zero attached hydrogens (tertiary/aromatic N) is 2. The van der Waals surface area contributed by atoms with Crippen molar-refractivity contribution >= 4 is 0 Å². The fourth-order valence-corrected chi connectivity index (χ4v) is 2.29. The Kier molecular flexibility index (Phi) is 4.35. The van der Waals surface area contributed by atoms with Gasteiger partial charge >= 0.3 is 0 Å². The van der Waals surface area contributed by atoms with Gasteiger partial charge in [-0.25, -0.2) is 0 Å². The summed E-state index contributed by atoms with van der Waals surface area (Å²) < 4.78 is 6.97. The van der Waals surface area contributed by atoms with Crippen molar-refractivity contribution < 1.29 is 9.84 Å². The topological polar surface area (TPSA) is 47.3 Å². The summed E-state index contributed by atoms with van der Waals surface area (Å²) >= 11 is 0. The average Bonchev–Trinajstić information content (AvgIpc) is 2.60.